The van der Waals surface area contributed by atoms with Gasteiger partial charge in [-0.1, -0.05) is 36.4 Å². The molecule has 26 heavy (non-hydrogen) atoms. The van der Waals surface area contributed by atoms with Crippen LogP contribution in [0.4, 0.5) is 0 Å². The second-order valence-electron chi connectivity index (χ2n) is 5.87. The summed E-state index contributed by atoms with van der Waals surface area (Å²) in [5.74, 6) is 0.668. The molecule has 0 saturated carbocycles. The van der Waals surface area contributed by atoms with E-state index in [0.717, 1.165) is 24.0 Å². The first-order chi connectivity index (χ1) is 12.8. The maximum atomic E-state index is 12.5. The van der Waals surface area contributed by atoms with Crippen molar-refractivity contribution in [3.05, 3.63) is 95.3 Å². The van der Waals surface area contributed by atoms with Gasteiger partial charge >= 0.3 is 0 Å². The lowest BCUT2D eigenvalue weighted by Crippen LogP contribution is -2.25. The van der Waals surface area contributed by atoms with E-state index in [1.54, 1.807) is 29.7 Å². The molecule has 0 saturated heterocycles. The fourth-order valence-corrected chi connectivity index (χ4v) is 3.47. The van der Waals surface area contributed by atoms with Gasteiger partial charge in [-0.3, -0.25) is 10.1 Å². The number of hydrogen-bond acceptors (Lipinski definition) is 4. The Bertz CT molecular complexity index is 919. The Balaban J connectivity index is 1.41. The summed E-state index contributed by atoms with van der Waals surface area (Å²) < 4.78 is 11.1. The van der Waals surface area contributed by atoms with E-state index in [1.807, 2.05) is 35.7 Å². The van der Waals surface area contributed by atoms with E-state index in [0.29, 0.717) is 11.3 Å². The van der Waals surface area contributed by atoms with Gasteiger partial charge in [0.2, 0.25) is 5.88 Å². The van der Waals surface area contributed by atoms with Crippen LogP contribution in [0.3, 0.4) is 0 Å². The lowest BCUT2D eigenvalue weighted by molar-refractivity contribution is 0.0925. The second-order valence-corrected chi connectivity index (χ2v) is 6.82. The number of carbonyl (C=O) groups is 1. The molecule has 0 bridgehead atoms. The lowest BCUT2D eigenvalue weighted by Gasteiger charge is -2.19. The predicted octanol–water partition coefficient (Wildman–Crippen LogP) is 5.11. The molecule has 2 aliphatic rings. The summed E-state index contributed by atoms with van der Waals surface area (Å²) in [6.07, 6.45) is 10.9. The smallest absolute Gasteiger partial charge is 0.258 e. The van der Waals surface area contributed by atoms with Crippen molar-refractivity contribution in [2.45, 2.75) is 12.8 Å². The van der Waals surface area contributed by atoms with E-state index in [4.69, 9.17) is 9.47 Å². The largest absolute Gasteiger partial charge is 0.463 e. The number of amides is 1. The Hall–Kier alpha value is -3.05. The molecule has 0 fully saturated rings. The Morgan fingerprint density at radius 2 is 2.00 bits per heavy atom. The van der Waals surface area contributed by atoms with Gasteiger partial charge in [0.15, 0.2) is 12.0 Å². The van der Waals surface area contributed by atoms with Crippen LogP contribution < -0.4 is 5.32 Å². The van der Waals surface area contributed by atoms with Crippen molar-refractivity contribution in [1.29, 1.82) is 0 Å². The van der Waals surface area contributed by atoms with Crippen LogP contribution in [-0.2, 0) is 9.47 Å². The van der Waals surface area contributed by atoms with Crippen LogP contribution in [0.25, 0.3) is 10.4 Å². The third kappa shape index (κ3) is 3.63. The molecule has 0 spiro atoms. The average molecular weight is 363 g/mol. The Kier molecular flexibility index (Phi) is 4.71. The molecule has 1 aliphatic carbocycles. The fourth-order valence-electron chi connectivity index (χ4n) is 2.74. The maximum Gasteiger partial charge on any atom is 0.258 e. The SMILES string of the molecule is O=C(NC1=COC=C(C2=CC=CCC2)O1)c1ccc(-c2cccs2)cc1. The third-order valence-electron chi connectivity index (χ3n) is 4.09. The second kappa shape index (κ2) is 7.45. The number of thiophene rings is 1. The van der Waals surface area contributed by atoms with Crippen molar-refractivity contribution in [1.82, 2.24) is 5.32 Å². The summed E-state index contributed by atoms with van der Waals surface area (Å²) in [5.41, 5.74) is 2.70. The molecule has 0 unspecified atom stereocenters. The van der Waals surface area contributed by atoms with E-state index >= 15 is 0 Å². The van der Waals surface area contributed by atoms with Crippen molar-refractivity contribution in [2.75, 3.05) is 0 Å². The number of carbonyl (C=O) groups excluding carboxylic acids is 1. The summed E-state index contributed by atoms with van der Waals surface area (Å²) in [5, 5.41) is 4.78. The summed E-state index contributed by atoms with van der Waals surface area (Å²) in [6.45, 7) is 0. The van der Waals surface area contributed by atoms with Gasteiger partial charge in [-0.05, 0) is 47.6 Å². The molecule has 4 rings (SSSR count). The molecule has 1 N–H and O–H groups in total. The molecule has 2 heterocycles. The van der Waals surface area contributed by atoms with Gasteiger partial charge in [0.05, 0.1) is 0 Å². The van der Waals surface area contributed by atoms with E-state index in [2.05, 4.69) is 17.5 Å². The highest BCUT2D eigenvalue weighted by Gasteiger charge is 2.17. The molecule has 0 radical (unpaired) electrons. The third-order valence-corrected chi connectivity index (χ3v) is 5.01. The van der Waals surface area contributed by atoms with Gasteiger partial charge in [-0.25, -0.2) is 0 Å². The summed E-state index contributed by atoms with van der Waals surface area (Å²) in [4.78, 5) is 13.6. The molecule has 0 atom stereocenters. The van der Waals surface area contributed by atoms with Gasteiger partial charge in [0, 0.05) is 10.4 Å². The van der Waals surface area contributed by atoms with Gasteiger partial charge in [0.25, 0.3) is 5.91 Å². The number of rotatable bonds is 4. The first-order valence-corrected chi connectivity index (χ1v) is 9.22. The first-order valence-electron chi connectivity index (χ1n) is 8.34. The van der Waals surface area contributed by atoms with Crippen LogP contribution >= 0.6 is 11.3 Å². The predicted molar refractivity (Wildman–Crippen MR) is 102 cm³/mol. The molecule has 1 aliphatic heterocycles. The molecule has 1 aromatic heterocycles. The van der Waals surface area contributed by atoms with Crippen LogP contribution in [0.1, 0.15) is 23.2 Å². The minimum atomic E-state index is -0.239. The Morgan fingerprint density at radius 3 is 2.73 bits per heavy atom. The standard InChI is InChI=1S/C21H17NO3S/c23-21(17-10-8-16(9-11-17)19-7-4-12-26-19)22-20-14-24-13-18(25-20)15-5-2-1-3-6-15/h1-2,4-5,7-14H,3,6H2,(H,22,23). The molecular formula is C21H17NO3S. The highest BCUT2D eigenvalue weighted by atomic mass is 32.1. The molecule has 130 valence electrons. The van der Waals surface area contributed by atoms with Gasteiger partial charge < -0.3 is 9.47 Å². The maximum absolute atomic E-state index is 12.5. The van der Waals surface area contributed by atoms with E-state index in [9.17, 15) is 4.79 Å². The molecule has 5 heteroatoms. The van der Waals surface area contributed by atoms with Crippen LogP contribution in [-0.4, -0.2) is 5.91 Å². The number of nitrogens with one attached hydrogen (secondary N) is 1. The fraction of sp³-hybridized carbons (Fsp3) is 0.0952. The lowest BCUT2D eigenvalue weighted by atomic mass is 10.0. The van der Waals surface area contributed by atoms with Crippen LogP contribution in [0.2, 0.25) is 0 Å². The van der Waals surface area contributed by atoms with Gasteiger partial charge in [0.1, 0.15) is 6.26 Å². The minimum Gasteiger partial charge on any atom is -0.463 e. The van der Waals surface area contributed by atoms with Crippen LogP contribution in [0.5, 0.6) is 0 Å². The highest BCUT2D eigenvalue weighted by molar-refractivity contribution is 7.13. The normalized spacial score (nSPS) is 15.9. The molecule has 1 amide bonds. The number of ether oxygens (including phenoxy) is 2. The number of hydrogen-bond donors (Lipinski definition) is 1. The topological polar surface area (TPSA) is 47.6 Å². The van der Waals surface area contributed by atoms with Crippen molar-refractivity contribution in [2.24, 2.45) is 0 Å². The summed E-state index contributed by atoms with van der Waals surface area (Å²) >= 11 is 1.67. The zero-order valence-electron chi connectivity index (χ0n) is 14.0. The van der Waals surface area contributed by atoms with Crippen LogP contribution in [0.15, 0.2) is 89.7 Å². The van der Waals surface area contributed by atoms with Gasteiger partial charge in [-0.2, -0.15) is 0 Å². The molecule has 4 nitrogen and oxygen atoms in total. The molecule has 1 aromatic carbocycles. The molecular weight excluding hydrogens is 346 g/mol. The van der Waals surface area contributed by atoms with Crippen molar-refractivity contribution < 1.29 is 14.3 Å². The van der Waals surface area contributed by atoms with Crippen molar-refractivity contribution in [3.8, 4) is 10.4 Å². The summed E-state index contributed by atoms with van der Waals surface area (Å²) in [6, 6.07) is 11.6. The van der Waals surface area contributed by atoms with Crippen molar-refractivity contribution >= 4 is 17.2 Å². The number of benzene rings is 1. The quantitative estimate of drug-likeness (QED) is 0.821. The Morgan fingerprint density at radius 1 is 1.12 bits per heavy atom. The van der Waals surface area contributed by atoms with E-state index in [1.165, 1.54) is 11.1 Å². The van der Waals surface area contributed by atoms with Gasteiger partial charge in [-0.15, -0.1) is 11.3 Å². The number of allylic oxidation sites excluding steroid dienone is 4. The zero-order chi connectivity index (χ0) is 17.8. The Labute approximate surface area is 155 Å². The average Bonchev–Trinajstić information content (AvgIpc) is 3.24. The zero-order valence-corrected chi connectivity index (χ0v) is 14.8. The monoisotopic (exact) mass is 363 g/mol. The molecule has 2 aromatic rings. The minimum absolute atomic E-state index is 0.239. The first kappa shape index (κ1) is 16.4. The van der Waals surface area contributed by atoms with E-state index in [-0.39, 0.29) is 11.8 Å². The highest BCUT2D eigenvalue weighted by Crippen LogP contribution is 2.26. The van der Waals surface area contributed by atoms with Crippen LogP contribution in [0, 0.1) is 0 Å². The van der Waals surface area contributed by atoms with E-state index < -0.39 is 0 Å². The summed E-state index contributed by atoms with van der Waals surface area (Å²) in [7, 11) is 0. The van der Waals surface area contributed by atoms with Crippen molar-refractivity contribution in [3.63, 3.8) is 0 Å².